The summed E-state index contributed by atoms with van der Waals surface area (Å²) in [5.74, 6) is -0.880. The average Bonchev–Trinajstić information content (AvgIpc) is 2.01. The molecule has 14 heavy (non-hydrogen) atoms. The number of alkyl halides is 2. The third-order valence-electron chi connectivity index (χ3n) is 1.43. The van der Waals surface area contributed by atoms with Crippen LogP contribution in [0.3, 0.4) is 0 Å². The number of nitrogens with zero attached hydrogens (tertiary/aromatic N) is 1. The summed E-state index contributed by atoms with van der Waals surface area (Å²) in [5, 5.41) is -0.838. The Kier molecular flexibility index (Phi) is 3.23. The summed E-state index contributed by atoms with van der Waals surface area (Å²) in [5.41, 5.74) is 4.03. The van der Waals surface area contributed by atoms with Crippen molar-refractivity contribution in [3.05, 3.63) is 27.5 Å². The molecule has 0 atom stereocenters. The lowest BCUT2D eigenvalue weighted by atomic mass is 10.2. The fourth-order valence-corrected chi connectivity index (χ4v) is 1.41. The zero-order chi connectivity index (χ0) is 10.9. The summed E-state index contributed by atoms with van der Waals surface area (Å²) in [6.45, 7) is 0. The Morgan fingerprint density at radius 2 is 2.07 bits per heavy atom. The van der Waals surface area contributed by atoms with Crippen molar-refractivity contribution in [2.45, 2.75) is 6.43 Å². The SMILES string of the molecule is NC(=O)c1cc(Cl)c(C(F)F)c(Cl)n1. The van der Waals surface area contributed by atoms with Crippen molar-refractivity contribution in [2.24, 2.45) is 5.73 Å². The van der Waals surface area contributed by atoms with Crippen molar-refractivity contribution >= 4 is 29.1 Å². The number of amides is 1. The van der Waals surface area contributed by atoms with Crippen LogP contribution in [0.1, 0.15) is 22.5 Å². The highest BCUT2D eigenvalue weighted by Crippen LogP contribution is 2.32. The first-order valence-corrected chi connectivity index (χ1v) is 4.13. The Morgan fingerprint density at radius 3 is 2.43 bits per heavy atom. The Labute approximate surface area is 87.8 Å². The molecule has 0 saturated heterocycles. The van der Waals surface area contributed by atoms with Gasteiger partial charge in [-0.05, 0) is 6.07 Å². The molecule has 0 aliphatic rings. The summed E-state index contributed by atoms with van der Waals surface area (Å²) in [6.07, 6.45) is -2.84. The van der Waals surface area contributed by atoms with Crippen molar-refractivity contribution < 1.29 is 13.6 Å². The molecule has 3 nitrogen and oxygen atoms in total. The van der Waals surface area contributed by atoms with E-state index in [1.165, 1.54) is 0 Å². The maximum Gasteiger partial charge on any atom is 0.268 e. The topological polar surface area (TPSA) is 56.0 Å². The first-order valence-electron chi connectivity index (χ1n) is 3.37. The maximum absolute atomic E-state index is 12.3. The molecule has 0 saturated carbocycles. The van der Waals surface area contributed by atoms with Gasteiger partial charge in [-0.1, -0.05) is 23.2 Å². The molecule has 1 rings (SSSR count). The molecule has 0 aromatic carbocycles. The second kappa shape index (κ2) is 4.06. The van der Waals surface area contributed by atoms with Gasteiger partial charge >= 0.3 is 0 Å². The van der Waals surface area contributed by atoms with Crippen LogP contribution in [0.2, 0.25) is 10.2 Å². The van der Waals surface area contributed by atoms with Crippen molar-refractivity contribution in [2.75, 3.05) is 0 Å². The van der Waals surface area contributed by atoms with E-state index < -0.39 is 23.0 Å². The number of rotatable bonds is 2. The largest absolute Gasteiger partial charge is 0.364 e. The van der Waals surface area contributed by atoms with Gasteiger partial charge in [-0.15, -0.1) is 0 Å². The number of primary amides is 1. The van der Waals surface area contributed by atoms with Gasteiger partial charge in [-0.2, -0.15) is 0 Å². The third-order valence-corrected chi connectivity index (χ3v) is 2.03. The zero-order valence-electron chi connectivity index (χ0n) is 6.60. The lowest BCUT2D eigenvalue weighted by molar-refractivity contribution is 0.0994. The molecule has 1 aromatic rings. The van der Waals surface area contributed by atoms with Gasteiger partial charge in [0.1, 0.15) is 10.8 Å². The van der Waals surface area contributed by atoms with E-state index in [1.54, 1.807) is 0 Å². The molecule has 0 aliphatic carbocycles. The highest BCUT2D eigenvalue weighted by Gasteiger charge is 2.19. The van der Waals surface area contributed by atoms with Gasteiger partial charge in [-0.3, -0.25) is 4.79 Å². The number of hydrogen-bond acceptors (Lipinski definition) is 2. The van der Waals surface area contributed by atoms with Crippen LogP contribution in [0.25, 0.3) is 0 Å². The summed E-state index contributed by atoms with van der Waals surface area (Å²) >= 11 is 10.9. The van der Waals surface area contributed by atoms with Gasteiger partial charge in [-0.25, -0.2) is 13.8 Å². The van der Waals surface area contributed by atoms with Crippen molar-refractivity contribution in [3.63, 3.8) is 0 Å². The lowest BCUT2D eigenvalue weighted by Crippen LogP contribution is -2.13. The van der Waals surface area contributed by atoms with Crippen LogP contribution in [0.15, 0.2) is 6.07 Å². The fourth-order valence-electron chi connectivity index (χ4n) is 0.815. The molecule has 7 heteroatoms. The standard InChI is InChI=1S/C7H4Cl2F2N2O/c8-2-1-3(7(12)14)13-5(9)4(2)6(10)11/h1,6H,(H2,12,14). The number of nitrogens with two attached hydrogens (primary N) is 1. The number of carbonyl (C=O) groups excluding carboxylic acids is 1. The second-order valence-electron chi connectivity index (χ2n) is 2.36. The van der Waals surface area contributed by atoms with Crippen molar-refractivity contribution in [1.29, 1.82) is 0 Å². The summed E-state index contributed by atoms with van der Waals surface area (Å²) in [7, 11) is 0. The smallest absolute Gasteiger partial charge is 0.268 e. The third kappa shape index (κ3) is 2.10. The molecule has 0 fully saturated rings. The predicted octanol–water partition coefficient (Wildman–Crippen LogP) is 2.42. The van der Waals surface area contributed by atoms with E-state index in [0.717, 1.165) is 6.07 Å². The monoisotopic (exact) mass is 240 g/mol. The fraction of sp³-hybridized carbons (Fsp3) is 0.143. The first kappa shape index (κ1) is 11.1. The van der Waals surface area contributed by atoms with Gasteiger partial charge in [0.05, 0.1) is 10.6 Å². The molecule has 1 heterocycles. The molecular formula is C7H4Cl2F2N2O. The summed E-state index contributed by atoms with van der Waals surface area (Å²) < 4.78 is 24.6. The van der Waals surface area contributed by atoms with Crippen LogP contribution in [0, 0.1) is 0 Å². The Morgan fingerprint density at radius 1 is 1.50 bits per heavy atom. The molecule has 0 spiro atoms. The molecule has 0 unspecified atom stereocenters. The van der Waals surface area contributed by atoms with Crippen LogP contribution < -0.4 is 5.73 Å². The molecular weight excluding hydrogens is 237 g/mol. The Hall–Kier alpha value is -0.940. The molecule has 1 amide bonds. The van der Waals surface area contributed by atoms with E-state index in [0.29, 0.717) is 0 Å². The Balaban J connectivity index is 3.32. The van der Waals surface area contributed by atoms with Crippen LogP contribution in [0.5, 0.6) is 0 Å². The number of carbonyl (C=O) groups is 1. The van der Waals surface area contributed by atoms with Gasteiger partial charge < -0.3 is 5.73 Å². The minimum absolute atomic E-state index is 0.246. The van der Waals surface area contributed by atoms with E-state index in [1.807, 2.05) is 0 Å². The molecule has 1 aromatic heterocycles. The molecule has 2 N–H and O–H groups in total. The van der Waals surface area contributed by atoms with Crippen LogP contribution in [0.4, 0.5) is 8.78 Å². The highest BCUT2D eigenvalue weighted by molar-refractivity contribution is 6.35. The van der Waals surface area contributed by atoms with E-state index in [9.17, 15) is 13.6 Å². The number of hydrogen-bond donors (Lipinski definition) is 1. The van der Waals surface area contributed by atoms with Crippen molar-refractivity contribution in [1.82, 2.24) is 4.98 Å². The van der Waals surface area contributed by atoms with Gasteiger partial charge in [0.15, 0.2) is 0 Å². The molecule has 0 bridgehead atoms. The average molecular weight is 241 g/mol. The predicted molar refractivity (Wildman–Crippen MR) is 47.7 cm³/mol. The van der Waals surface area contributed by atoms with Gasteiger partial charge in [0, 0.05) is 0 Å². The van der Waals surface area contributed by atoms with E-state index >= 15 is 0 Å². The summed E-state index contributed by atoms with van der Waals surface area (Å²) in [6, 6.07) is 0.956. The normalized spacial score (nSPS) is 10.6. The minimum atomic E-state index is -2.84. The Bertz CT molecular complexity index is 361. The van der Waals surface area contributed by atoms with Crippen LogP contribution >= 0.6 is 23.2 Å². The molecule has 76 valence electrons. The van der Waals surface area contributed by atoms with Gasteiger partial charge in [0.25, 0.3) is 12.3 Å². The van der Waals surface area contributed by atoms with Crippen molar-refractivity contribution in [3.8, 4) is 0 Å². The quantitative estimate of drug-likeness (QED) is 0.808. The van der Waals surface area contributed by atoms with E-state index in [2.05, 4.69) is 4.98 Å². The van der Waals surface area contributed by atoms with Gasteiger partial charge in [0.2, 0.25) is 0 Å². The number of aromatic nitrogens is 1. The zero-order valence-corrected chi connectivity index (χ0v) is 8.11. The van der Waals surface area contributed by atoms with E-state index in [-0.39, 0.29) is 10.7 Å². The molecule has 0 radical (unpaired) electrons. The first-order chi connectivity index (χ1) is 6.43. The lowest BCUT2D eigenvalue weighted by Gasteiger charge is -2.05. The second-order valence-corrected chi connectivity index (χ2v) is 3.12. The van der Waals surface area contributed by atoms with E-state index in [4.69, 9.17) is 28.9 Å². The maximum atomic E-state index is 12.3. The van der Waals surface area contributed by atoms with Crippen LogP contribution in [-0.2, 0) is 0 Å². The highest BCUT2D eigenvalue weighted by atomic mass is 35.5. The summed E-state index contributed by atoms with van der Waals surface area (Å²) in [4.78, 5) is 14.0. The minimum Gasteiger partial charge on any atom is -0.364 e. The molecule has 0 aliphatic heterocycles. The number of pyridine rings is 1. The number of halogens is 4. The van der Waals surface area contributed by atoms with Crippen LogP contribution in [-0.4, -0.2) is 10.9 Å².